The largest absolute Gasteiger partial charge is 0.309 e. The van der Waals surface area contributed by atoms with E-state index >= 15 is 0 Å². The Kier molecular flexibility index (Phi) is 6.27. The van der Waals surface area contributed by atoms with Crippen LogP contribution in [0.15, 0.2) is 18.2 Å². The van der Waals surface area contributed by atoms with E-state index in [0.717, 1.165) is 24.8 Å². The fourth-order valence-corrected chi connectivity index (χ4v) is 2.66. The van der Waals surface area contributed by atoms with Gasteiger partial charge in [-0.25, -0.2) is 8.78 Å². The summed E-state index contributed by atoms with van der Waals surface area (Å²) in [6.45, 7) is 9.30. The van der Waals surface area contributed by atoms with Gasteiger partial charge in [0.05, 0.1) is 0 Å². The lowest BCUT2D eigenvalue weighted by molar-refractivity contribution is 0.520. The van der Waals surface area contributed by atoms with Gasteiger partial charge in [0, 0.05) is 28.2 Å². The highest BCUT2D eigenvalue weighted by Crippen LogP contribution is 2.29. The maximum absolute atomic E-state index is 13.9. The maximum atomic E-state index is 13.9. The third-order valence-electron chi connectivity index (χ3n) is 2.66. The van der Waals surface area contributed by atoms with Crippen LogP contribution >= 0.6 is 11.8 Å². The molecule has 0 aliphatic heterocycles. The number of benzene rings is 1. The van der Waals surface area contributed by atoms with Gasteiger partial charge in [0.2, 0.25) is 0 Å². The van der Waals surface area contributed by atoms with Crippen molar-refractivity contribution in [3.63, 3.8) is 0 Å². The van der Waals surface area contributed by atoms with E-state index in [1.807, 2.05) is 0 Å². The second kappa shape index (κ2) is 7.25. The lowest BCUT2D eigenvalue weighted by Gasteiger charge is -2.24. The summed E-state index contributed by atoms with van der Waals surface area (Å²) in [6.07, 6.45) is 0.986. The first-order valence-corrected chi connectivity index (χ1v) is 7.64. The van der Waals surface area contributed by atoms with Gasteiger partial charge in [0.15, 0.2) is 0 Å². The predicted molar refractivity (Wildman–Crippen MR) is 79.6 cm³/mol. The van der Waals surface area contributed by atoms with Gasteiger partial charge in [0.1, 0.15) is 11.6 Å². The third-order valence-corrected chi connectivity index (χ3v) is 4.03. The van der Waals surface area contributed by atoms with Gasteiger partial charge in [-0.3, -0.25) is 0 Å². The first-order valence-electron chi connectivity index (χ1n) is 6.66. The number of rotatable bonds is 6. The molecule has 0 amide bonds. The van der Waals surface area contributed by atoms with E-state index in [0.29, 0.717) is 5.56 Å². The average Bonchev–Trinajstić information content (AvgIpc) is 2.29. The summed E-state index contributed by atoms with van der Waals surface area (Å²) < 4.78 is 27.0. The van der Waals surface area contributed by atoms with E-state index in [9.17, 15) is 8.78 Å². The predicted octanol–water partition coefficient (Wildman–Crippen LogP) is 4.54. The summed E-state index contributed by atoms with van der Waals surface area (Å²) in [4.78, 5) is 0. The topological polar surface area (TPSA) is 12.0 Å². The molecule has 1 aromatic carbocycles. The van der Waals surface area contributed by atoms with Crippen LogP contribution in [0.1, 0.15) is 45.7 Å². The number of halogens is 2. The van der Waals surface area contributed by atoms with Crippen LogP contribution in [0.5, 0.6) is 0 Å². The molecule has 0 aliphatic rings. The molecule has 0 aliphatic carbocycles. The minimum atomic E-state index is -0.529. The summed E-state index contributed by atoms with van der Waals surface area (Å²) >= 11 is 1.78. The smallest absolute Gasteiger partial charge is 0.130 e. The van der Waals surface area contributed by atoms with E-state index in [4.69, 9.17) is 0 Å². The Morgan fingerprint density at radius 3 is 2.47 bits per heavy atom. The van der Waals surface area contributed by atoms with Gasteiger partial charge in [0.25, 0.3) is 0 Å². The Bertz CT molecular complexity index is 402. The number of thioether (sulfide) groups is 1. The van der Waals surface area contributed by atoms with Crippen molar-refractivity contribution in [3.8, 4) is 0 Å². The Morgan fingerprint density at radius 2 is 1.95 bits per heavy atom. The van der Waals surface area contributed by atoms with Crippen molar-refractivity contribution in [1.82, 2.24) is 5.32 Å². The summed E-state index contributed by atoms with van der Waals surface area (Å²) in [7, 11) is 0. The molecule has 0 bridgehead atoms. The molecule has 0 saturated carbocycles. The van der Waals surface area contributed by atoms with Crippen LogP contribution in [0.2, 0.25) is 0 Å². The normalized spacial score (nSPS) is 13.6. The van der Waals surface area contributed by atoms with Crippen LogP contribution in [0.3, 0.4) is 0 Å². The Hall–Kier alpha value is -0.610. The molecular formula is C15H23F2NS. The third kappa shape index (κ3) is 5.91. The van der Waals surface area contributed by atoms with Gasteiger partial charge in [-0.15, -0.1) is 0 Å². The van der Waals surface area contributed by atoms with Gasteiger partial charge in [-0.05, 0) is 19.0 Å². The molecule has 1 unspecified atom stereocenters. The van der Waals surface area contributed by atoms with Crippen molar-refractivity contribution < 1.29 is 8.78 Å². The van der Waals surface area contributed by atoms with Crippen LogP contribution < -0.4 is 5.32 Å². The first kappa shape index (κ1) is 16.4. The molecule has 1 aromatic rings. The van der Waals surface area contributed by atoms with Crippen molar-refractivity contribution in [2.75, 3.05) is 12.3 Å². The molecule has 0 radical (unpaired) electrons. The highest BCUT2D eigenvalue weighted by molar-refractivity contribution is 8.00. The minimum Gasteiger partial charge on any atom is -0.309 e. The highest BCUT2D eigenvalue weighted by atomic mass is 32.2. The van der Waals surface area contributed by atoms with Crippen molar-refractivity contribution in [1.29, 1.82) is 0 Å². The molecule has 1 rings (SSSR count). The van der Waals surface area contributed by atoms with Gasteiger partial charge >= 0.3 is 0 Å². The Morgan fingerprint density at radius 1 is 1.26 bits per heavy atom. The SMILES string of the molecule is CCCNC(CSC(C)(C)C)c1ccc(F)cc1F. The second-order valence-corrected chi connectivity index (χ2v) is 7.44. The average molecular weight is 287 g/mol. The summed E-state index contributed by atoms with van der Waals surface area (Å²) in [5.74, 6) is -0.228. The molecule has 0 aromatic heterocycles. The molecule has 0 fully saturated rings. The molecule has 0 heterocycles. The Labute approximate surface area is 119 Å². The van der Waals surface area contributed by atoms with Crippen LogP contribution in [0, 0.1) is 11.6 Å². The first-order chi connectivity index (χ1) is 8.83. The monoisotopic (exact) mass is 287 g/mol. The zero-order valence-corrected chi connectivity index (χ0v) is 12.9. The van der Waals surface area contributed by atoms with Crippen LogP contribution in [-0.2, 0) is 0 Å². The Balaban J connectivity index is 2.83. The van der Waals surface area contributed by atoms with Crippen LogP contribution in [0.4, 0.5) is 8.78 Å². The number of hydrogen-bond acceptors (Lipinski definition) is 2. The molecule has 1 N–H and O–H groups in total. The summed E-state index contributed by atoms with van der Waals surface area (Å²) in [5, 5.41) is 3.34. The fourth-order valence-electron chi connectivity index (χ4n) is 1.69. The second-order valence-electron chi connectivity index (χ2n) is 5.60. The minimum absolute atomic E-state index is 0.0789. The van der Waals surface area contributed by atoms with Gasteiger partial charge < -0.3 is 5.32 Å². The molecule has 108 valence electrons. The summed E-state index contributed by atoms with van der Waals surface area (Å²) in [6, 6.07) is 3.74. The molecule has 0 saturated heterocycles. The molecule has 1 atom stereocenters. The lowest BCUT2D eigenvalue weighted by Crippen LogP contribution is -2.26. The van der Waals surface area contributed by atoms with Crippen LogP contribution in [-0.4, -0.2) is 17.0 Å². The highest BCUT2D eigenvalue weighted by Gasteiger charge is 2.19. The molecule has 19 heavy (non-hydrogen) atoms. The molecule has 4 heteroatoms. The van der Waals surface area contributed by atoms with Crippen molar-refractivity contribution >= 4 is 11.8 Å². The standard InChI is InChI=1S/C15H23F2NS/c1-5-8-18-14(10-19-15(2,3)4)12-7-6-11(16)9-13(12)17/h6-7,9,14,18H,5,8,10H2,1-4H3. The van der Waals surface area contributed by atoms with Crippen molar-refractivity contribution in [2.24, 2.45) is 0 Å². The number of hydrogen-bond donors (Lipinski definition) is 1. The van der Waals surface area contributed by atoms with E-state index in [2.05, 4.69) is 33.0 Å². The zero-order chi connectivity index (χ0) is 14.5. The van der Waals surface area contributed by atoms with Crippen molar-refractivity contribution in [3.05, 3.63) is 35.4 Å². The zero-order valence-electron chi connectivity index (χ0n) is 12.1. The quantitative estimate of drug-likeness (QED) is 0.824. The summed E-state index contributed by atoms with van der Waals surface area (Å²) in [5.41, 5.74) is 0.548. The molecule has 0 spiro atoms. The molecular weight excluding hydrogens is 264 g/mol. The van der Waals surface area contributed by atoms with Gasteiger partial charge in [-0.2, -0.15) is 11.8 Å². The van der Waals surface area contributed by atoms with Crippen LogP contribution in [0.25, 0.3) is 0 Å². The van der Waals surface area contributed by atoms with E-state index in [1.54, 1.807) is 17.8 Å². The van der Waals surface area contributed by atoms with Crippen molar-refractivity contribution in [2.45, 2.75) is 44.9 Å². The number of nitrogens with one attached hydrogen (secondary N) is 1. The van der Waals surface area contributed by atoms with E-state index in [1.165, 1.54) is 6.07 Å². The van der Waals surface area contributed by atoms with Gasteiger partial charge in [-0.1, -0.05) is 33.8 Å². The maximum Gasteiger partial charge on any atom is 0.130 e. The van der Waals surface area contributed by atoms with E-state index < -0.39 is 11.6 Å². The molecule has 1 nitrogen and oxygen atoms in total. The van der Waals surface area contributed by atoms with E-state index in [-0.39, 0.29) is 10.8 Å². The fraction of sp³-hybridized carbons (Fsp3) is 0.600. The lowest BCUT2D eigenvalue weighted by atomic mass is 10.1.